The number of hydrogen-bond acceptors (Lipinski definition) is 8. The van der Waals surface area contributed by atoms with E-state index in [0.717, 1.165) is 17.7 Å². The number of anilines is 1. The number of thioether (sulfide) groups is 1. The molecule has 1 N–H and O–H groups in total. The second-order valence-electron chi connectivity index (χ2n) is 6.58. The summed E-state index contributed by atoms with van der Waals surface area (Å²) in [6, 6.07) is 12.1. The molecule has 0 aliphatic carbocycles. The Kier molecular flexibility index (Phi) is 7.61. The molecule has 166 valence electrons. The van der Waals surface area contributed by atoms with Gasteiger partial charge in [0.2, 0.25) is 5.91 Å². The van der Waals surface area contributed by atoms with Gasteiger partial charge in [-0.2, -0.15) is 0 Å². The minimum absolute atomic E-state index is 0.0446. The molecule has 0 aliphatic heterocycles. The van der Waals surface area contributed by atoms with Crippen LogP contribution in [-0.4, -0.2) is 52.6 Å². The molecule has 0 saturated heterocycles. The van der Waals surface area contributed by atoms with Crippen LogP contribution < -0.4 is 5.32 Å². The van der Waals surface area contributed by atoms with Crippen molar-refractivity contribution >= 4 is 35.3 Å². The van der Waals surface area contributed by atoms with Gasteiger partial charge in [0, 0.05) is 5.69 Å². The quantitative estimate of drug-likeness (QED) is 0.408. The van der Waals surface area contributed by atoms with Crippen LogP contribution in [0.3, 0.4) is 0 Å². The van der Waals surface area contributed by atoms with Crippen LogP contribution in [0.4, 0.5) is 5.69 Å². The summed E-state index contributed by atoms with van der Waals surface area (Å²) in [4.78, 5) is 36.4. The number of methoxy groups -OCH3 is 2. The van der Waals surface area contributed by atoms with E-state index in [4.69, 9.17) is 9.47 Å². The number of nitrogens with one attached hydrogen (secondary N) is 1. The van der Waals surface area contributed by atoms with Crippen LogP contribution in [0.1, 0.15) is 33.2 Å². The van der Waals surface area contributed by atoms with Crippen molar-refractivity contribution in [2.45, 2.75) is 18.5 Å². The molecule has 0 bridgehead atoms. The highest BCUT2D eigenvalue weighted by atomic mass is 32.2. The van der Waals surface area contributed by atoms with Crippen LogP contribution >= 0.6 is 11.8 Å². The van der Waals surface area contributed by atoms with Gasteiger partial charge in [0.25, 0.3) is 0 Å². The number of benzene rings is 2. The van der Waals surface area contributed by atoms with E-state index in [1.54, 1.807) is 6.33 Å². The largest absolute Gasteiger partial charge is 0.465 e. The Hall–Kier alpha value is -3.66. The third kappa shape index (κ3) is 5.33. The minimum Gasteiger partial charge on any atom is -0.465 e. The number of para-hydroxylation sites is 1. The molecular weight excluding hydrogens is 432 g/mol. The second-order valence-corrected chi connectivity index (χ2v) is 7.53. The SMILES string of the molecule is CCc1ccccc1-n1cnnc1SCC(=O)Nc1cc(C(=O)OC)cc(C(=O)OC)c1. The normalized spacial score (nSPS) is 10.5. The molecule has 0 radical (unpaired) electrons. The molecule has 0 atom stereocenters. The maximum absolute atomic E-state index is 12.6. The van der Waals surface area contributed by atoms with Gasteiger partial charge in [0.05, 0.1) is 36.8 Å². The fraction of sp³-hybridized carbons (Fsp3) is 0.227. The van der Waals surface area contributed by atoms with E-state index >= 15 is 0 Å². The summed E-state index contributed by atoms with van der Waals surface area (Å²) < 4.78 is 11.3. The Balaban J connectivity index is 1.74. The van der Waals surface area contributed by atoms with Crippen molar-refractivity contribution in [2.24, 2.45) is 0 Å². The highest BCUT2D eigenvalue weighted by Gasteiger charge is 2.16. The minimum atomic E-state index is -0.636. The van der Waals surface area contributed by atoms with Gasteiger partial charge in [-0.3, -0.25) is 9.36 Å². The summed E-state index contributed by atoms with van der Waals surface area (Å²) in [6.45, 7) is 2.06. The first kappa shape index (κ1) is 23.0. The molecular formula is C22H22N4O5S. The van der Waals surface area contributed by atoms with Gasteiger partial charge < -0.3 is 14.8 Å². The second kappa shape index (κ2) is 10.6. The lowest BCUT2D eigenvalue weighted by atomic mass is 10.1. The lowest BCUT2D eigenvalue weighted by Crippen LogP contribution is -2.16. The molecule has 1 heterocycles. The Bertz CT molecular complexity index is 1110. The number of carbonyl (C=O) groups is 3. The smallest absolute Gasteiger partial charge is 0.337 e. The van der Waals surface area contributed by atoms with Gasteiger partial charge >= 0.3 is 11.9 Å². The third-order valence-electron chi connectivity index (χ3n) is 4.54. The fourth-order valence-electron chi connectivity index (χ4n) is 3.03. The van der Waals surface area contributed by atoms with Crippen molar-refractivity contribution in [3.05, 3.63) is 65.5 Å². The van der Waals surface area contributed by atoms with E-state index in [1.807, 2.05) is 28.8 Å². The Morgan fingerprint density at radius 3 is 2.31 bits per heavy atom. The predicted octanol–water partition coefficient (Wildman–Crippen LogP) is 3.13. The first-order chi connectivity index (χ1) is 15.5. The van der Waals surface area contributed by atoms with Crippen LogP contribution in [0.5, 0.6) is 0 Å². The summed E-state index contributed by atoms with van der Waals surface area (Å²) >= 11 is 1.22. The molecule has 32 heavy (non-hydrogen) atoms. The molecule has 0 aliphatic rings. The molecule has 1 amide bonds. The van der Waals surface area contributed by atoms with Gasteiger partial charge in [-0.15, -0.1) is 10.2 Å². The zero-order valence-corrected chi connectivity index (χ0v) is 18.6. The van der Waals surface area contributed by atoms with Crippen LogP contribution in [0.15, 0.2) is 53.9 Å². The monoisotopic (exact) mass is 454 g/mol. The highest BCUT2D eigenvalue weighted by Crippen LogP contribution is 2.23. The molecule has 9 nitrogen and oxygen atoms in total. The lowest BCUT2D eigenvalue weighted by molar-refractivity contribution is -0.113. The number of nitrogens with zero attached hydrogens (tertiary/aromatic N) is 3. The number of aromatic nitrogens is 3. The molecule has 1 aromatic heterocycles. The number of carbonyl (C=O) groups excluding carboxylic acids is 3. The lowest BCUT2D eigenvalue weighted by Gasteiger charge is -2.11. The van der Waals surface area contributed by atoms with E-state index in [0.29, 0.717) is 5.16 Å². The maximum Gasteiger partial charge on any atom is 0.337 e. The Labute approximate surface area is 189 Å². The summed E-state index contributed by atoms with van der Waals surface area (Å²) in [5.74, 6) is -1.57. The Morgan fingerprint density at radius 2 is 1.69 bits per heavy atom. The number of esters is 2. The van der Waals surface area contributed by atoms with Crippen molar-refractivity contribution in [1.29, 1.82) is 0 Å². The highest BCUT2D eigenvalue weighted by molar-refractivity contribution is 7.99. The summed E-state index contributed by atoms with van der Waals surface area (Å²) in [5.41, 5.74) is 2.60. The summed E-state index contributed by atoms with van der Waals surface area (Å²) in [6.07, 6.45) is 2.45. The van der Waals surface area contributed by atoms with E-state index in [-0.39, 0.29) is 28.5 Å². The average Bonchev–Trinajstić information content (AvgIpc) is 3.29. The van der Waals surface area contributed by atoms with Gasteiger partial charge in [-0.05, 0) is 36.2 Å². The maximum atomic E-state index is 12.6. The molecule has 0 fully saturated rings. The molecule has 10 heteroatoms. The zero-order valence-electron chi connectivity index (χ0n) is 17.8. The number of hydrogen-bond donors (Lipinski definition) is 1. The van der Waals surface area contributed by atoms with Gasteiger partial charge in [-0.25, -0.2) is 9.59 Å². The van der Waals surface area contributed by atoms with E-state index < -0.39 is 11.9 Å². The topological polar surface area (TPSA) is 112 Å². The summed E-state index contributed by atoms with van der Waals surface area (Å²) in [7, 11) is 2.46. The van der Waals surface area contributed by atoms with Gasteiger partial charge in [-0.1, -0.05) is 36.9 Å². The summed E-state index contributed by atoms with van der Waals surface area (Å²) in [5, 5.41) is 11.4. The Morgan fingerprint density at radius 1 is 1.03 bits per heavy atom. The standard InChI is InChI=1S/C22H22N4O5S/c1-4-14-7-5-6-8-18(14)26-13-23-25-22(26)32-12-19(27)24-17-10-15(20(28)30-2)9-16(11-17)21(29)31-3/h5-11,13H,4,12H2,1-3H3,(H,24,27). The van der Waals surface area contributed by atoms with Crippen LogP contribution in [0.2, 0.25) is 0 Å². The van der Waals surface area contributed by atoms with Crippen LogP contribution in [0, 0.1) is 0 Å². The van der Waals surface area contributed by atoms with E-state index in [1.165, 1.54) is 44.2 Å². The van der Waals surface area contributed by atoms with Crippen molar-refractivity contribution in [2.75, 3.05) is 25.3 Å². The van der Waals surface area contributed by atoms with E-state index in [2.05, 4.69) is 22.4 Å². The fourth-order valence-corrected chi connectivity index (χ4v) is 3.75. The average molecular weight is 455 g/mol. The van der Waals surface area contributed by atoms with Gasteiger partial charge in [0.1, 0.15) is 6.33 Å². The van der Waals surface area contributed by atoms with Crippen LogP contribution in [-0.2, 0) is 20.7 Å². The van der Waals surface area contributed by atoms with Gasteiger partial charge in [0.15, 0.2) is 5.16 Å². The van der Waals surface area contributed by atoms with Crippen LogP contribution in [0.25, 0.3) is 5.69 Å². The first-order valence-electron chi connectivity index (χ1n) is 9.69. The molecule has 3 rings (SSSR count). The number of aryl methyl sites for hydroxylation is 1. The number of amides is 1. The third-order valence-corrected chi connectivity index (χ3v) is 5.48. The zero-order chi connectivity index (χ0) is 23.1. The molecule has 0 saturated carbocycles. The predicted molar refractivity (Wildman–Crippen MR) is 119 cm³/mol. The van der Waals surface area contributed by atoms with Crippen molar-refractivity contribution in [1.82, 2.24) is 14.8 Å². The molecule has 0 spiro atoms. The molecule has 2 aromatic carbocycles. The number of ether oxygens (including phenoxy) is 2. The molecule has 0 unspecified atom stereocenters. The van der Waals surface area contributed by atoms with Crippen molar-refractivity contribution < 1.29 is 23.9 Å². The molecule has 3 aromatic rings. The first-order valence-corrected chi connectivity index (χ1v) is 10.7. The number of rotatable bonds is 8. The van der Waals surface area contributed by atoms with Crippen molar-refractivity contribution in [3.63, 3.8) is 0 Å². The van der Waals surface area contributed by atoms with E-state index in [9.17, 15) is 14.4 Å². The van der Waals surface area contributed by atoms with Crippen molar-refractivity contribution in [3.8, 4) is 5.69 Å².